The lowest BCUT2D eigenvalue weighted by molar-refractivity contribution is 0.100. The molecule has 0 unspecified atom stereocenters. The highest BCUT2D eigenvalue weighted by molar-refractivity contribution is 6.03. The lowest BCUT2D eigenvalue weighted by Gasteiger charge is -1.98. The standard InChI is InChI=1S/C8H6N4O/c9-8(13)6-3-10-1-5-2-11-4-12-7(5)6/h1-4H,(H2,9,13). The number of primary amides is 1. The molecule has 0 aliphatic carbocycles. The van der Waals surface area contributed by atoms with Crippen LogP contribution in [0.2, 0.25) is 0 Å². The molecule has 2 aromatic heterocycles. The minimum absolute atomic E-state index is 0.319. The zero-order valence-corrected chi connectivity index (χ0v) is 6.64. The molecular weight excluding hydrogens is 168 g/mol. The maximum atomic E-state index is 10.9. The molecule has 0 spiro atoms. The molecule has 0 saturated carbocycles. The number of amides is 1. The first-order valence-corrected chi connectivity index (χ1v) is 3.62. The Morgan fingerprint density at radius 1 is 1.23 bits per heavy atom. The van der Waals surface area contributed by atoms with Crippen LogP contribution in [0.4, 0.5) is 0 Å². The first-order chi connectivity index (χ1) is 6.29. The van der Waals surface area contributed by atoms with Crippen molar-refractivity contribution in [3.8, 4) is 0 Å². The quantitative estimate of drug-likeness (QED) is 0.665. The van der Waals surface area contributed by atoms with Gasteiger partial charge in [0.25, 0.3) is 5.91 Å². The molecule has 2 heterocycles. The predicted octanol–water partition coefficient (Wildman–Crippen LogP) is 0.124. The number of pyridine rings is 1. The summed E-state index contributed by atoms with van der Waals surface area (Å²) in [6, 6.07) is 0. The lowest BCUT2D eigenvalue weighted by atomic mass is 10.2. The Balaban J connectivity index is 2.83. The molecule has 0 aliphatic rings. The van der Waals surface area contributed by atoms with Crippen LogP contribution < -0.4 is 5.73 Å². The first-order valence-electron chi connectivity index (χ1n) is 3.62. The van der Waals surface area contributed by atoms with Crippen molar-refractivity contribution in [1.29, 1.82) is 0 Å². The molecule has 2 N–H and O–H groups in total. The van der Waals surface area contributed by atoms with E-state index in [4.69, 9.17) is 5.73 Å². The van der Waals surface area contributed by atoms with E-state index in [0.717, 1.165) is 0 Å². The average molecular weight is 174 g/mol. The number of fused-ring (bicyclic) bond motifs is 1. The fourth-order valence-electron chi connectivity index (χ4n) is 1.09. The van der Waals surface area contributed by atoms with Gasteiger partial charge in [-0.05, 0) is 0 Å². The molecule has 2 rings (SSSR count). The van der Waals surface area contributed by atoms with Gasteiger partial charge in [-0.25, -0.2) is 9.97 Å². The van der Waals surface area contributed by atoms with Crippen molar-refractivity contribution < 1.29 is 4.79 Å². The van der Waals surface area contributed by atoms with Gasteiger partial charge < -0.3 is 5.73 Å². The molecule has 2 aromatic rings. The Kier molecular flexibility index (Phi) is 1.63. The molecule has 5 nitrogen and oxygen atoms in total. The van der Waals surface area contributed by atoms with Crippen molar-refractivity contribution in [2.75, 3.05) is 0 Å². The largest absolute Gasteiger partial charge is 0.365 e. The van der Waals surface area contributed by atoms with Gasteiger partial charge in [-0.1, -0.05) is 0 Å². The van der Waals surface area contributed by atoms with E-state index in [9.17, 15) is 4.79 Å². The SMILES string of the molecule is NC(=O)c1cncc2cncnc12. The Hall–Kier alpha value is -2.04. The number of hydrogen-bond acceptors (Lipinski definition) is 4. The van der Waals surface area contributed by atoms with Gasteiger partial charge in [-0.2, -0.15) is 0 Å². The maximum absolute atomic E-state index is 10.9. The van der Waals surface area contributed by atoms with Crippen molar-refractivity contribution in [2.45, 2.75) is 0 Å². The summed E-state index contributed by atoms with van der Waals surface area (Å²) in [5, 5.41) is 0.707. The third kappa shape index (κ3) is 1.20. The number of hydrogen-bond donors (Lipinski definition) is 1. The van der Waals surface area contributed by atoms with E-state index in [-0.39, 0.29) is 0 Å². The van der Waals surface area contributed by atoms with Crippen LogP contribution in [0.5, 0.6) is 0 Å². The summed E-state index contributed by atoms with van der Waals surface area (Å²) >= 11 is 0. The zero-order chi connectivity index (χ0) is 9.26. The third-order valence-electron chi connectivity index (χ3n) is 1.68. The maximum Gasteiger partial charge on any atom is 0.252 e. The predicted molar refractivity (Wildman–Crippen MR) is 45.9 cm³/mol. The monoisotopic (exact) mass is 174 g/mol. The fourth-order valence-corrected chi connectivity index (χ4v) is 1.09. The van der Waals surface area contributed by atoms with Crippen molar-refractivity contribution in [1.82, 2.24) is 15.0 Å². The first kappa shape index (κ1) is 7.60. The zero-order valence-electron chi connectivity index (χ0n) is 6.64. The van der Waals surface area contributed by atoms with E-state index in [2.05, 4.69) is 15.0 Å². The second-order valence-corrected chi connectivity index (χ2v) is 2.51. The summed E-state index contributed by atoms with van der Waals surface area (Å²) in [6.07, 6.45) is 5.94. The van der Waals surface area contributed by atoms with Crippen LogP contribution in [0.25, 0.3) is 10.9 Å². The summed E-state index contributed by atoms with van der Waals surface area (Å²) in [5.74, 6) is -0.531. The van der Waals surface area contributed by atoms with Gasteiger partial charge >= 0.3 is 0 Å². The van der Waals surface area contributed by atoms with E-state index < -0.39 is 5.91 Å². The lowest BCUT2D eigenvalue weighted by Crippen LogP contribution is -2.12. The second kappa shape index (κ2) is 2.78. The molecule has 1 amide bonds. The molecule has 0 aromatic carbocycles. The van der Waals surface area contributed by atoms with Crippen molar-refractivity contribution in [2.24, 2.45) is 5.73 Å². The number of nitrogens with zero attached hydrogens (tertiary/aromatic N) is 3. The molecule has 0 saturated heterocycles. The number of carbonyl (C=O) groups excluding carboxylic acids is 1. The summed E-state index contributed by atoms with van der Waals surface area (Å²) < 4.78 is 0. The van der Waals surface area contributed by atoms with Crippen molar-refractivity contribution >= 4 is 16.8 Å². The van der Waals surface area contributed by atoms with Crippen LogP contribution in [-0.4, -0.2) is 20.9 Å². The smallest absolute Gasteiger partial charge is 0.252 e. The number of rotatable bonds is 1. The molecule has 0 radical (unpaired) electrons. The Labute approximate surface area is 73.6 Å². The van der Waals surface area contributed by atoms with Crippen LogP contribution in [-0.2, 0) is 0 Å². The van der Waals surface area contributed by atoms with E-state index in [1.165, 1.54) is 12.5 Å². The summed E-state index contributed by atoms with van der Waals surface area (Å²) in [5.41, 5.74) is 6.00. The second-order valence-electron chi connectivity index (χ2n) is 2.51. The number of aromatic nitrogens is 3. The van der Waals surface area contributed by atoms with Gasteiger partial charge in [0.15, 0.2) is 0 Å². The Morgan fingerprint density at radius 2 is 2.00 bits per heavy atom. The van der Waals surface area contributed by atoms with E-state index in [1.54, 1.807) is 12.4 Å². The molecule has 0 fully saturated rings. The van der Waals surface area contributed by atoms with E-state index >= 15 is 0 Å². The van der Waals surface area contributed by atoms with E-state index in [0.29, 0.717) is 16.5 Å². The van der Waals surface area contributed by atoms with Gasteiger partial charge in [0.1, 0.15) is 6.33 Å². The minimum Gasteiger partial charge on any atom is -0.365 e. The molecule has 64 valence electrons. The fraction of sp³-hybridized carbons (Fsp3) is 0. The normalized spacial score (nSPS) is 10.2. The van der Waals surface area contributed by atoms with Crippen LogP contribution >= 0.6 is 0 Å². The van der Waals surface area contributed by atoms with Gasteiger partial charge in [-0.15, -0.1) is 0 Å². The number of carbonyl (C=O) groups is 1. The van der Waals surface area contributed by atoms with Crippen molar-refractivity contribution in [3.63, 3.8) is 0 Å². The van der Waals surface area contributed by atoms with E-state index in [1.807, 2.05) is 0 Å². The van der Waals surface area contributed by atoms with Crippen LogP contribution in [0.15, 0.2) is 24.9 Å². The minimum atomic E-state index is -0.531. The van der Waals surface area contributed by atoms with Gasteiger partial charge in [-0.3, -0.25) is 9.78 Å². The molecule has 0 aliphatic heterocycles. The summed E-state index contributed by atoms with van der Waals surface area (Å²) in [4.78, 5) is 22.6. The Bertz CT molecular complexity index is 463. The molecule has 0 atom stereocenters. The highest BCUT2D eigenvalue weighted by Gasteiger charge is 2.06. The van der Waals surface area contributed by atoms with Crippen LogP contribution in [0, 0.1) is 0 Å². The highest BCUT2D eigenvalue weighted by atomic mass is 16.1. The molecule has 5 heteroatoms. The van der Waals surface area contributed by atoms with Gasteiger partial charge in [0.05, 0.1) is 11.1 Å². The number of nitrogens with two attached hydrogens (primary N) is 1. The topological polar surface area (TPSA) is 81.8 Å². The van der Waals surface area contributed by atoms with Gasteiger partial charge in [0, 0.05) is 24.0 Å². The molecule has 13 heavy (non-hydrogen) atoms. The summed E-state index contributed by atoms with van der Waals surface area (Å²) in [7, 11) is 0. The highest BCUT2D eigenvalue weighted by Crippen LogP contribution is 2.11. The van der Waals surface area contributed by atoms with Crippen LogP contribution in [0.3, 0.4) is 0 Å². The average Bonchev–Trinajstić information content (AvgIpc) is 2.17. The van der Waals surface area contributed by atoms with Gasteiger partial charge in [0.2, 0.25) is 0 Å². The Morgan fingerprint density at radius 3 is 2.77 bits per heavy atom. The van der Waals surface area contributed by atoms with Crippen molar-refractivity contribution in [3.05, 3.63) is 30.5 Å². The molecule has 0 bridgehead atoms. The summed E-state index contributed by atoms with van der Waals surface area (Å²) in [6.45, 7) is 0. The third-order valence-corrected chi connectivity index (χ3v) is 1.68. The molecular formula is C8H6N4O. The van der Waals surface area contributed by atoms with Crippen LogP contribution in [0.1, 0.15) is 10.4 Å².